The topological polar surface area (TPSA) is 97.4 Å². The molecule has 0 bridgehead atoms. The first-order valence-corrected chi connectivity index (χ1v) is 22.8. The second-order valence-corrected chi connectivity index (χ2v) is 15.0. The molecular formula is C57H65N3O6. The smallest absolute Gasteiger partial charge is 0.293 e. The first kappa shape index (κ1) is 51.5. The standard InChI is InChI=1S/C45H44N2O5.C8H9NO.2C2H6/c1-5-51-39-18-12-17-37(28-39)43-42(40-27-34(23-26-41(40)46(3)30-48)20-19-33-21-24-38(50-4)25-22-33)32(2)29-47(43)44(35-13-8-6-9-14-35)45(52-31-49)36-15-10-7-11-16-36;10-7-9-6-8-4-2-1-3-5-8;2*1-2/h6-18,21-28,30-32,42-45H,5,29H2,1-4H3;1-5,7H,6H2,(H,9,10);2*1-2H3. The van der Waals surface area contributed by atoms with Crippen LogP contribution in [0.1, 0.15) is 105 Å². The Morgan fingerprint density at radius 2 is 1.33 bits per heavy atom. The van der Waals surface area contributed by atoms with E-state index in [-0.39, 0.29) is 23.9 Å². The fourth-order valence-corrected chi connectivity index (χ4v) is 8.27. The Morgan fingerprint density at radius 1 is 0.727 bits per heavy atom. The molecule has 0 aliphatic carbocycles. The Kier molecular flexibility index (Phi) is 21.8. The molecule has 1 N–H and O–H groups in total. The Morgan fingerprint density at radius 3 is 1.92 bits per heavy atom. The van der Waals surface area contributed by atoms with Crippen LogP contribution in [0.4, 0.5) is 5.69 Å². The molecule has 0 spiro atoms. The van der Waals surface area contributed by atoms with Crippen molar-refractivity contribution in [3.8, 4) is 23.3 Å². The normalized spacial score (nSPS) is 15.7. The van der Waals surface area contributed by atoms with Crippen LogP contribution >= 0.6 is 0 Å². The van der Waals surface area contributed by atoms with Crippen molar-refractivity contribution < 1.29 is 28.6 Å². The average molecular weight is 888 g/mol. The molecule has 344 valence electrons. The number of nitrogens with zero attached hydrogens (tertiary/aromatic N) is 2. The lowest BCUT2D eigenvalue weighted by molar-refractivity contribution is -0.138. The van der Waals surface area contributed by atoms with E-state index < -0.39 is 6.10 Å². The van der Waals surface area contributed by atoms with Crippen LogP contribution in [0.25, 0.3) is 0 Å². The largest absolute Gasteiger partial charge is 0.497 e. The van der Waals surface area contributed by atoms with Crippen LogP contribution in [-0.2, 0) is 25.7 Å². The van der Waals surface area contributed by atoms with Gasteiger partial charge in [-0.05, 0) is 95.3 Å². The molecule has 1 heterocycles. The van der Waals surface area contributed by atoms with Gasteiger partial charge in [0.1, 0.15) is 17.6 Å². The van der Waals surface area contributed by atoms with Gasteiger partial charge in [-0.1, -0.05) is 150 Å². The summed E-state index contributed by atoms with van der Waals surface area (Å²) < 4.78 is 17.4. The van der Waals surface area contributed by atoms with Gasteiger partial charge in [0.25, 0.3) is 6.47 Å². The van der Waals surface area contributed by atoms with Crippen LogP contribution in [0.5, 0.6) is 11.5 Å². The first-order chi connectivity index (χ1) is 32.4. The molecule has 1 saturated heterocycles. The van der Waals surface area contributed by atoms with E-state index in [1.54, 1.807) is 19.1 Å². The number of methoxy groups -OCH3 is 1. The summed E-state index contributed by atoms with van der Waals surface area (Å²) in [5.74, 6) is 8.25. The van der Waals surface area contributed by atoms with Crippen molar-refractivity contribution in [1.29, 1.82) is 0 Å². The highest BCUT2D eigenvalue weighted by atomic mass is 16.5. The SMILES string of the molecule is CC.CC.CCOc1cccc(C2C(c3cc(C#Cc4ccc(OC)cc4)ccc3N(C)C=O)C(C)CN2C(c2ccccc2)C(OC=O)c2ccccc2)c1.O=CNCc1ccccc1. The highest BCUT2D eigenvalue weighted by Crippen LogP contribution is 2.55. The summed E-state index contributed by atoms with van der Waals surface area (Å²) >= 11 is 0. The van der Waals surface area contributed by atoms with E-state index in [0.717, 1.165) is 62.5 Å². The Hall–Kier alpha value is -7.15. The third kappa shape index (κ3) is 13.9. The highest BCUT2D eigenvalue weighted by Gasteiger charge is 2.48. The van der Waals surface area contributed by atoms with Crippen LogP contribution in [0, 0.1) is 17.8 Å². The van der Waals surface area contributed by atoms with E-state index >= 15 is 0 Å². The Bertz CT molecular complexity index is 2400. The van der Waals surface area contributed by atoms with Gasteiger partial charge in [0.05, 0.1) is 19.8 Å². The van der Waals surface area contributed by atoms with Gasteiger partial charge in [0.2, 0.25) is 12.8 Å². The van der Waals surface area contributed by atoms with Crippen LogP contribution in [0.15, 0.2) is 158 Å². The summed E-state index contributed by atoms with van der Waals surface area (Å²) in [4.78, 5) is 38.6. The molecule has 0 aromatic heterocycles. The molecule has 6 aromatic rings. The van der Waals surface area contributed by atoms with Crippen molar-refractivity contribution in [3.63, 3.8) is 0 Å². The Labute approximate surface area is 392 Å². The van der Waals surface area contributed by atoms with Gasteiger partial charge >= 0.3 is 0 Å². The van der Waals surface area contributed by atoms with E-state index in [1.165, 1.54) is 0 Å². The summed E-state index contributed by atoms with van der Waals surface area (Å²) in [5, 5.41) is 2.58. The summed E-state index contributed by atoms with van der Waals surface area (Å²) in [6.45, 7) is 14.6. The van der Waals surface area contributed by atoms with Crippen molar-refractivity contribution in [3.05, 3.63) is 197 Å². The maximum atomic E-state index is 12.4. The van der Waals surface area contributed by atoms with Crippen molar-refractivity contribution in [2.75, 3.05) is 32.2 Å². The monoisotopic (exact) mass is 887 g/mol. The summed E-state index contributed by atoms with van der Waals surface area (Å²) in [5.41, 5.74) is 7.65. The lowest BCUT2D eigenvalue weighted by Crippen LogP contribution is -2.35. The van der Waals surface area contributed by atoms with E-state index in [4.69, 9.17) is 14.2 Å². The summed E-state index contributed by atoms with van der Waals surface area (Å²) in [6.07, 6.45) is 0.954. The first-order valence-electron chi connectivity index (χ1n) is 22.8. The van der Waals surface area contributed by atoms with Gasteiger partial charge in [-0.25, -0.2) is 0 Å². The van der Waals surface area contributed by atoms with Gasteiger partial charge in [-0.3, -0.25) is 19.3 Å². The summed E-state index contributed by atoms with van der Waals surface area (Å²) in [6, 6.07) is 51.4. The zero-order valence-corrected chi connectivity index (χ0v) is 39.6. The third-order valence-corrected chi connectivity index (χ3v) is 11.0. The molecule has 0 radical (unpaired) electrons. The number of likely N-dealkylation sites (tertiary alicyclic amines) is 1. The number of carbonyl (C=O) groups excluding carboxylic acids is 3. The minimum absolute atomic E-state index is 0.0871. The lowest BCUT2D eigenvalue weighted by Gasteiger charge is -2.39. The van der Waals surface area contributed by atoms with Crippen LogP contribution < -0.4 is 19.7 Å². The number of hydrogen-bond acceptors (Lipinski definition) is 7. The predicted octanol–water partition coefficient (Wildman–Crippen LogP) is 11.5. The zero-order chi connectivity index (χ0) is 47.7. The fraction of sp³-hybridized carbons (Fsp3) is 0.281. The van der Waals surface area contributed by atoms with E-state index in [9.17, 15) is 14.4 Å². The molecule has 9 heteroatoms. The lowest BCUT2D eigenvalue weighted by atomic mass is 9.80. The minimum Gasteiger partial charge on any atom is -0.497 e. The quantitative estimate of drug-likeness (QED) is 0.0763. The molecule has 6 aromatic carbocycles. The molecule has 5 unspecified atom stereocenters. The van der Waals surface area contributed by atoms with Crippen molar-refractivity contribution in [2.24, 2.45) is 5.92 Å². The highest BCUT2D eigenvalue weighted by molar-refractivity contribution is 5.77. The van der Waals surface area contributed by atoms with Gasteiger partial charge < -0.3 is 24.4 Å². The molecule has 5 atom stereocenters. The zero-order valence-electron chi connectivity index (χ0n) is 39.6. The van der Waals surface area contributed by atoms with E-state index in [2.05, 4.69) is 59.3 Å². The van der Waals surface area contributed by atoms with Crippen LogP contribution in [0.3, 0.4) is 0 Å². The molecular weight excluding hydrogens is 823 g/mol. The minimum atomic E-state index is -0.594. The van der Waals surface area contributed by atoms with Crippen LogP contribution in [0.2, 0.25) is 0 Å². The average Bonchev–Trinajstić information content (AvgIpc) is 3.73. The number of carbonyl (C=O) groups is 3. The Balaban J connectivity index is 0.000000591. The van der Waals surface area contributed by atoms with E-state index in [0.29, 0.717) is 32.6 Å². The third-order valence-electron chi connectivity index (χ3n) is 11.0. The van der Waals surface area contributed by atoms with Gasteiger partial charge in [-0.2, -0.15) is 0 Å². The maximum Gasteiger partial charge on any atom is 0.293 e. The second kappa shape index (κ2) is 27.9. The molecule has 2 amide bonds. The number of nitrogens with one attached hydrogen (secondary N) is 1. The van der Waals surface area contributed by atoms with E-state index in [1.807, 2.05) is 162 Å². The second-order valence-electron chi connectivity index (χ2n) is 15.0. The number of amides is 2. The molecule has 0 saturated carbocycles. The molecule has 1 fully saturated rings. The van der Waals surface area contributed by atoms with Gasteiger partial charge in [-0.15, -0.1) is 0 Å². The number of ether oxygens (including phenoxy) is 3. The molecule has 9 nitrogen and oxygen atoms in total. The number of anilines is 1. The van der Waals surface area contributed by atoms with Crippen molar-refractivity contribution >= 4 is 25.0 Å². The van der Waals surface area contributed by atoms with Crippen molar-refractivity contribution in [2.45, 2.75) is 72.2 Å². The van der Waals surface area contributed by atoms with Gasteiger partial charge in [0.15, 0.2) is 0 Å². The predicted molar refractivity (Wildman–Crippen MR) is 266 cm³/mol. The molecule has 1 aliphatic rings. The number of rotatable bonds is 16. The summed E-state index contributed by atoms with van der Waals surface area (Å²) in [7, 11) is 3.43. The number of hydrogen-bond donors (Lipinski definition) is 1. The number of benzene rings is 6. The molecule has 7 rings (SSSR count). The molecule has 1 aliphatic heterocycles. The van der Waals surface area contributed by atoms with Crippen LogP contribution in [-0.4, -0.2) is 51.5 Å². The van der Waals surface area contributed by atoms with Gasteiger partial charge in [0, 0.05) is 48.9 Å². The van der Waals surface area contributed by atoms with Crippen molar-refractivity contribution in [1.82, 2.24) is 10.2 Å². The fourth-order valence-electron chi connectivity index (χ4n) is 8.27. The molecule has 66 heavy (non-hydrogen) atoms. The maximum absolute atomic E-state index is 12.4.